The van der Waals surface area contributed by atoms with E-state index in [1.165, 1.54) is 0 Å². The van der Waals surface area contributed by atoms with E-state index in [9.17, 15) is 9.59 Å². The monoisotopic (exact) mass is 327 g/mol. The zero-order valence-corrected chi connectivity index (χ0v) is 13.8. The molecule has 2 N–H and O–H groups in total. The first-order valence-electron chi connectivity index (χ1n) is 7.95. The first-order valence-corrected chi connectivity index (χ1v) is 7.95. The Kier molecular flexibility index (Phi) is 4.66. The Morgan fingerprint density at radius 2 is 2.12 bits per heavy atom. The van der Waals surface area contributed by atoms with Crippen molar-refractivity contribution in [2.45, 2.75) is 18.9 Å². The summed E-state index contributed by atoms with van der Waals surface area (Å²) in [6.45, 7) is 0.426. The van der Waals surface area contributed by atoms with Crippen molar-refractivity contribution in [1.82, 2.24) is 10.2 Å². The molecule has 126 valence electrons. The number of fused-ring (bicyclic) bond motifs is 1. The number of furan rings is 1. The molecular formula is C18H21N3O3. The number of hydrogen-bond donors (Lipinski definition) is 2. The van der Waals surface area contributed by atoms with Gasteiger partial charge in [-0.15, -0.1) is 0 Å². The molecule has 6 nitrogen and oxygen atoms in total. The van der Waals surface area contributed by atoms with Gasteiger partial charge in [0.15, 0.2) is 5.78 Å². The molecule has 1 aromatic carbocycles. The summed E-state index contributed by atoms with van der Waals surface area (Å²) >= 11 is 0. The van der Waals surface area contributed by atoms with Crippen molar-refractivity contribution in [1.29, 1.82) is 0 Å². The molecule has 1 aliphatic carbocycles. The van der Waals surface area contributed by atoms with Crippen LogP contribution in [0.5, 0.6) is 0 Å². The van der Waals surface area contributed by atoms with Crippen LogP contribution in [0.4, 0.5) is 10.5 Å². The van der Waals surface area contributed by atoms with E-state index in [0.717, 1.165) is 23.3 Å². The number of urea groups is 1. The maximum Gasteiger partial charge on any atom is 0.319 e. The number of benzene rings is 1. The van der Waals surface area contributed by atoms with Crippen LogP contribution < -0.4 is 10.6 Å². The van der Waals surface area contributed by atoms with Crippen molar-refractivity contribution < 1.29 is 14.0 Å². The van der Waals surface area contributed by atoms with Gasteiger partial charge in [0.2, 0.25) is 0 Å². The number of rotatable bonds is 5. The molecule has 1 aliphatic rings. The summed E-state index contributed by atoms with van der Waals surface area (Å²) < 4.78 is 5.42. The summed E-state index contributed by atoms with van der Waals surface area (Å²) in [6, 6.07) is 8.82. The van der Waals surface area contributed by atoms with E-state index >= 15 is 0 Å². The van der Waals surface area contributed by atoms with Crippen LogP contribution in [0.25, 0.3) is 0 Å². The lowest BCUT2D eigenvalue weighted by atomic mass is 10.1. The molecule has 24 heavy (non-hydrogen) atoms. The van der Waals surface area contributed by atoms with Crippen LogP contribution >= 0.6 is 0 Å². The molecule has 3 rings (SSSR count). The third-order valence-corrected chi connectivity index (χ3v) is 4.24. The number of Topliss-reactive ketones (excluding diaryl/α,β-unsaturated/α-hetero) is 1. The average molecular weight is 327 g/mol. The van der Waals surface area contributed by atoms with E-state index in [4.69, 9.17) is 4.42 Å². The molecule has 0 spiro atoms. The second-order valence-corrected chi connectivity index (χ2v) is 6.12. The molecule has 6 heteroatoms. The Labute approximate surface area is 140 Å². The van der Waals surface area contributed by atoms with Gasteiger partial charge in [0.1, 0.15) is 5.76 Å². The van der Waals surface area contributed by atoms with E-state index < -0.39 is 0 Å². The molecule has 0 radical (unpaired) electrons. The van der Waals surface area contributed by atoms with Crippen LogP contribution in [0.1, 0.15) is 34.1 Å². The zero-order valence-electron chi connectivity index (χ0n) is 13.8. The van der Waals surface area contributed by atoms with E-state index in [1.807, 2.05) is 37.2 Å². The third-order valence-electron chi connectivity index (χ3n) is 4.24. The first kappa shape index (κ1) is 16.3. The Hall–Kier alpha value is -2.60. The molecule has 0 saturated carbocycles. The van der Waals surface area contributed by atoms with Gasteiger partial charge in [-0.25, -0.2) is 4.79 Å². The SMILES string of the molecule is CN(C)[C@H](CNC(=O)Nc1ccc2c(c1)CCC2=O)c1ccco1. The highest BCUT2D eigenvalue weighted by atomic mass is 16.3. The fourth-order valence-electron chi connectivity index (χ4n) is 2.92. The predicted molar refractivity (Wildman–Crippen MR) is 91.3 cm³/mol. The van der Waals surface area contributed by atoms with Gasteiger partial charge in [-0.3, -0.25) is 9.69 Å². The molecule has 0 saturated heterocycles. The highest BCUT2D eigenvalue weighted by Gasteiger charge is 2.20. The second-order valence-electron chi connectivity index (χ2n) is 6.12. The number of anilines is 1. The lowest BCUT2D eigenvalue weighted by Gasteiger charge is -2.22. The Bertz CT molecular complexity index is 738. The number of nitrogens with zero attached hydrogens (tertiary/aromatic N) is 1. The minimum absolute atomic E-state index is 0.0385. The van der Waals surface area contributed by atoms with Crippen molar-refractivity contribution in [2.24, 2.45) is 0 Å². The average Bonchev–Trinajstić information content (AvgIpc) is 3.18. The fourth-order valence-corrected chi connectivity index (χ4v) is 2.92. The van der Waals surface area contributed by atoms with Gasteiger partial charge in [0, 0.05) is 24.2 Å². The van der Waals surface area contributed by atoms with Crippen LogP contribution in [-0.2, 0) is 6.42 Å². The van der Waals surface area contributed by atoms with E-state index in [2.05, 4.69) is 10.6 Å². The van der Waals surface area contributed by atoms with Crippen LogP contribution in [0.2, 0.25) is 0 Å². The molecular weight excluding hydrogens is 306 g/mol. The van der Waals surface area contributed by atoms with E-state index in [0.29, 0.717) is 18.7 Å². The summed E-state index contributed by atoms with van der Waals surface area (Å²) in [5.74, 6) is 0.976. The van der Waals surface area contributed by atoms with Crippen LogP contribution in [0.3, 0.4) is 0 Å². The summed E-state index contributed by atoms with van der Waals surface area (Å²) in [7, 11) is 3.87. The zero-order chi connectivity index (χ0) is 17.1. The number of hydrogen-bond acceptors (Lipinski definition) is 4. The van der Waals surface area contributed by atoms with Crippen LogP contribution in [0, 0.1) is 0 Å². The van der Waals surface area contributed by atoms with E-state index in [-0.39, 0.29) is 17.9 Å². The molecule has 0 aliphatic heterocycles. The van der Waals surface area contributed by atoms with E-state index in [1.54, 1.807) is 18.4 Å². The molecule has 0 unspecified atom stereocenters. The van der Waals surface area contributed by atoms with Crippen molar-refractivity contribution >= 4 is 17.5 Å². The molecule has 2 aromatic rings. The maximum absolute atomic E-state index is 12.1. The lowest BCUT2D eigenvalue weighted by Crippen LogP contribution is -2.36. The Morgan fingerprint density at radius 1 is 1.29 bits per heavy atom. The van der Waals surface area contributed by atoms with Crippen LogP contribution in [-0.4, -0.2) is 37.4 Å². The van der Waals surface area contributed by atoms with Gasteiger partial charge in [-0.2, -0.15) is 0 Å². The summed E-state index contributed by atoms with van der Waals surface area (Å²) in [5.41, 5.74) is 2.46. The van der Waals surface area contributed by atoms with Crippen molar-refractivity contribution in [2.75, 3.05) is 26.0 Å². The molecule has 0 bridgehead atoms. The van der Waals surface area contributed by atoms with Crippen LogP contribution in [0.15, 0.2) is 41.0 Å². The summed E-state index contributed by atoms with van der Waals surface area (Å²) in [5, 5.41) is 5.67. The lowest BCUT2D eigenvalue weighted by molar-refractivity contribution is 0.0994. The van der Waals surface area contributed by atoms with Gasteiger partial charge < -0.3 is 15.1 Å². The van der Waals surface area contributed by atoms with Gasteiger partial charge >= 0.3 is 6.03 Å². The Morgan fingerprint density at radius 3 is 2.83 bits per heavy atom. The number of amides is 2. The largest absolute Gasteiger partial charge is 0.468 e. The number of likely N-dealkylation sites (N-methyl/N-ethyl adjacent to an activating group) is 1. The number of aryl methyl sites for hydroxylation is 1. The topological polar surface area (TPSA) is 74.6 Å². The molecule has 0 fully saturated rings. The third kappa shape index (κ3) is 3.49. The van der Waals surface area contributed by atoms with Gasteiger partial charge in [0.25, 0.3) is 0 Å². The minimum Gasteiger partial charge on any atom is -0.468 e. The summed E-state index contributed by atoms with van der Waals surface area (Å²) in [6.07, 6.45) is 2.92. The summed E-state index contributed by atoms with van der Waals surface area (Å²) in [4.78, 5) is 25.8. The predicted octanol–water partition coefficient (Wildman–Crippen LogP) is 2.83. The Balaban J connectivity index is 1.59. The molecule has 1 atom stereocenters. The first-order chi connectivity index (χ1) is 11.5. The van der Waals surface area contributed by atoms with Crippen molar-refractivity contribution in [3.05, 3.63) is 53.5 Å². The molecule has 2 amide bonds. The van der Waals surface area contributed by atoms with Crippen molar-refractivity contribution in [3.63, 3.8) is 0 Å². The van der Waals surface area contributed by atoms with Gasteiger partial charge in [-0.05, 0) is 56.4 Å². The number of carbonyl (C=O) groups excluding carboxylic acids is 2. The van der Waals surface area contributed by atoms with Crippen molar-refractivity contribution in [3.8, 4) is 0 Å². The smallest absolute Gasteiger partial charge is 0.319 e. The second kappa shape index (κ2) is 6.88. The molecule has 1 heterocycles. The minimum atomic E-state index is -0.280. The highest BCUT2D eigenvalue weighted by Crippen LogP contribution is 2.25. The standard InChI is InChI=1S/C18H21N3O3/c1-21(2)15(17-4-3-9-24-17)11-19-18(23)20-13-6-7-14-12(10-13)5-8-16(14)22/h3-4,6-7,9-10,15H,5,8,11H2,1-2H3,(H2,19,20,23)/t15-/m1/s1. The normalized spacial score (nSPS) is 14.5. The highest BCUT2D eigenvalue weighted by molar-refractivity contribution is 6.01. The number of ketones is 1. The fraction of sp³-hybridized carbons (Fsp3) is 0.333. The number of carbonyl (C=O) groups is 2. The van der Waals surface area contributed by atoms with Gasteiger partial charge in [0.05, 0.1) is 12.3 Å². The van der Waals surface area contributed by atoms with Gasteiger partial charge in [-0.1, -0.05) is 0 Å². The number of nitrogens with one attached hydrogen (secondary N) is 2. The molecule has 1 aromatic heterocycles. The quantitative estimate of drug-likeness (QED) is 0.885. The maximum atomic E-state index is 12.1.